The minimum Gasteiger partial charge on any atom is -0.497 e. The van der Waals surface area contributed by atoms with Crippen LogP contribution in [0.5, 0.6) is 11.5 Å². The van der Waals surface area contributed by atoms with E-state index in [-0.39, 0.29) is 0 Å². The molecule has 0 aliphatic carbocycles. The fourth-order valence-corrected chi connectivity index (χ4v) is 1.36. The Labute approximate surface area is 91.4 Å². The van der Waals surface area contributed by atoms with Gasteiger partial charge in [0.25, 0.3) is 0 Å². The molecule has 1 aromatic carbocycles. The van der Waals surface area contributed by atoms with Gasteiger partial charge >= 0.3 is 0 Å². The summed E-state index contributed by atoms with van der Waals surface area (Å²) in [6.07, 6.45) is 0. The zero-order valence-corrected chi connectivity index (χ0v) is 9.67. The van der Waals surface area contributed by atoms with Crippen LogP contribution in [0, 0.1) is 0 Å². The van der Waals surface area contributed by atoms with Crippen LogP contribution < -0.4 is 14.8 Å². The molecular weight excluding hydrogens is 190 g/mol. The summed E-state index contributed by atoms with van der Waals surface area (Å²) in [5.74, 6) is 1.73. The maximum Gasteiger partial charge on any atom is 0.127 e. The third-order valence-electron chi connectivity index (χ3n) is 2.14. The lowest BCUT2D eigenvalue weighted by Crippen LogP contribution is -2.12. The zero-order valence-electron chi connectivity index (χ0n) is 9.67. The molecule has 0 heterocycles. The molecule has 3 nitrogen and oxygen atoms in total. The normalized spacial score (nSPS) is 10.1. The first-order valence-corrected chi connectivity index (χ1v) is 5.32. The van der Waals surface area contributed by atoms with Crippen molar-refractivity contribution in [3.63, 3.8) is 0 Å². The highest BCUT2D eigenvalue weighted by atomic mass is 16.5. The molecule has 0 saturated carbocycles. The summed E-state index contributed by atoms with van der Waals surface area (Å²) in [6.45, 7) is 6.53. The van der Waals surface area contributed by atoms with Gasteiger partial charge in [0.2, 0.25) is 0 Å². The van der Waals surface area contributed by atoms with Crippen molar-refractivity contribution in [2.45, 2.75) is 20.4 Å². The van der Waals surface area contributed by atoms with Crippen LogP contribution >= 0.6 is 0 Å². The van der Waals surface area contributed by atoms with Crippen LogP contribution in [0.2, 0.25) is 0 Å². The highest BCUT2D eigenvalue weighted by Gasteiger charge is 2.04. The van der Waals surface area contributed by atoms with Crippen LogP contribution in [0.3, 0.4) is 0 Å². The first-order valence-electron chi connectivity index (χ1n) is 5.32. The van der Waals surface area contributed by atoms with Crippen LogP contribution in [0.15, 0.2) is 18.2 Å². The van der Waals surface area contributed by atoms with Crippen molar-refractivity contribution >= 4 is 0 Å². The molecule has 0 fully saturated rings. The van der Waals surface area contributed by atoms with E-state index < -0.39 is 0 Å². The van der Waals surface area contributed by atoms with E-state index in [1.807, 2.05) is 25.1 Å². The van der Waals surface area contributed by atoms with Crippen LogP contribution in [-0.2, 0) is 6.54 Å². The lowest BCUT2D eigenvalue weighted by Gasteiger charge is -2.11. The summed E-state index contributed by atoms with van der Waals surface area (Å²) in [5, 5.41) is 3.28. The number of hydrogen-bond acceptors (Lipinski definition) is 3. The molecule has 1 aromatic rings. The fourth-order valence-electron chi connectivity index (χ4n) is 1.36. The molecule has 0 radical (unpaired) electrons. The zero-order chi connectivity index (χ0) is 11.1. The summed E-state index contributed by atoms with van der Waals surface area (Å²) in [5.41, 5.74) is 1.17. The van der Waals surface area contributed by atoms with E-state index in [1.54, 1.807) is 7.11 Å². The second-order valence-electron chi connectivity index (χ2n) is 3.19. The van der Waals surface area contributed by atoms with Gasteiger partial charge in [0.05, 0.1) is 13.7 Å². The minimum atomic E-state index is 0.673. The lowest BCUT2D eigenvalue weighted by atomic mass is 10.2. The van der Waals surface area contributed by atoms with E-state index in [1.165, 1.54) is 5.56 Å². The number of rotatable bonds is 6. The number of hydrogen-bond donors (Lipinski definition) is 1. The first kappa shape index (κ1) is 11.9. The summed E-state index contributed by atoms with van der Waals surface area (Å²) in [7, 11) is 1.66. The van der Waals surface area contributed by atoms with E-state index in [9.17, 15) is 0 Å². The molecular formula is C12H19NO2. The van der Waals surface area contributed by atoms with Gasteiger partial charge in [-0.2, -0.15) is 0 Å². The smallest absolute Gasteiger partial charge is 0.127 e. The number of methoxy groups -OCH3 is 1. The average Bonchev–Trinajstić information content (AvgIpc) is 2.27. The van der Waals surface area contributed by atoms with Crippen molar-refractivity contribution in [2.75, 3.05) is 20.3 Å². The molecule has 0 amide bonds. The predicted octanol–water partition coefficient (Wildman–Crippen LogP) is 2.20. The molecule has 0 unspecified atom stereocenters. The van der Waals surface area contributed by atoms with E-state index in [4.69, 9.17) is 9.47 Å². The van der Waals surface area contributed by atoms with Crippen molar-refractivity contribution in [2.24, 2.45) is 0 Å². The van der Waals surface area contributed by atoms with Crippen molar-refractivity contribution in [3.8, 4) is 11.5 Å². The topological polar surface area (TPSA) is 30.5 Å². The molecule has 0 bridgehead atoms. The number of benzene rings is 1. The summed E-state index contributed by atoms with van der Waals surface area (Å²) in [6, 6.07) is 5.91. The molecule has 0 aromatic heterocycles. The van der Waals surface area contributed by atoms with Gasteiger partial charge in [0.15, 0.2) is 0 Å². The molecule has 1 N–H and O–H groups in total. The maximum absolute atomic E-state index is 5.56. The summed E-state index contributed by atoms with van der Waals surface area (Å²) < 4.78 is 10.7. The number of nitrogens with one attached hydrogen (secondary N) is 1. The van der Waals surface area contributed by atoms with Gasteiger partial charge in [-0.05, 0) is 19.5 Å². The van der Waals surface area contributed by atoms with Crippen LogP contribution in [0.4, 0.5) is 0 Å². The Bertz CT molecular complexity index is 300. The standard InChI is InChI=1S/C12H19NO2/c1-4-13-9-10-6-7-11(14-3)8-12(10)15-5-2/h6-8,13H,4-5,9H2,1-3H3. The molecule has 1 rings (SSSR count). The minimum absolute atomic E-state index is 0.673. The number of ether oxygens (including phenoxy) is 2. The maximum atomic E-state index is 5.56. The molecule has 0 saturated heterocycles. The van der Waals surface area contributed by atoms with Gasteiger partial charge in [0, 0.05) is 18.2 Å². The van der Waals surface area contributed by atoms with Gasteiger partial charge in [-0.3, -0.25) is 0 Å². The van der Waals surface area contributed by atoms with Crippen molar-refractivity contribution in [1.82, 2.24) is 5.32 Å². The van der Waals surface area contributed by atoms with Gasteiger partial charge < -0.3 is 14.8 Å². The highest BCUT2D eigenvalue weighted by Crippen LogP contribution is 2.24. The Kier molecular flexibility index (Phi) is 4.98. The van der Waals surface area contributed by atoms with Gasteiger partial charge in [-0.1, -0.05) is 13.0 Å². The van der Waals surface area contributed by atoms with Crippen LogP contribution in [0.1, 0.15) is 19.4 Å². The fraction of sp³-hybridized carbons (Fsp3) is 0.500. The van der Waals surface area contributed by atoms with Gasteiger partial charge in [-0.25, -0.2) is 0 Å². The summed E-state index contributed by atoms with van der Waals surface area (Å²) in [4.78, 5) is 0. The van der Waals surface area contributed by atoms with E-state index in [2.05, 4.69) is 12.2 Å². The Morgan fingerprint density at radius 2 is 2.07 bits per heavy atom. The first-order chi connectivity index (χ1) is 7.31. The second kappa shape index (κ2) is 6.30. The molecule has 84 valence electrons. The quantitative estimate of drug-likeness (QED) is 0.779. The Hall–Kier alpha value is -1.22. The van der Waals surface area contributed by atoms with E-state index >= 15 is 0 Å². The van der Waals surface area contributed by atoms with Crippen molar-refractivity contribution in [3.05, 3.63) is 23.8 Å². The third kappa shape index (κ3) is 3.44. The van der Waals surface area contributed by atoms with Gasteiger partial charge in [-0.15, -0.1) is 0 Å². The van der Waals surface area contributed by atoms with Crippen LogP contribution in [-0.4, -0.2) is 20.3 Å². The monoisotopic (exact) mass is 209 g/mol. The largest absolute Gasteiger partial charge is 0.497 e. The van der Waals surface area contributed by atoms with E-state index in [0.29, 0.717) is 6.61 Å². The Morgan fingerprint density at radius 3 is 2.67 bits per heavy atom. The predicted molar refractivity (Wildman–Crippen MR) is 61.5 cm³/mol. The third-order valence-corrected chi connectivity index (χ3v) is 2.14. The highest BCUT2D eigenvalue weighted by molar-refractivity contribution is 5.40. The molecule has 15 heavy (non-hydrogen) atoms. The second-order valence-corrected chi connectivity index (χ2v) is 3.19. The van der Waals surface area contributed by atoms with Crippen molar-refractivity contribution < 1.29 is 9.47 Å². The van der Waals surface area contributed by atoms with Gasteiger partial charge in [0.1, 0.15) is 11.5 Å². The molecule has 3 heteroatoms. The molecule has 0 spiro atoms. The van der Waals surface area contributed by atoms with Crippen molar-refractivity contribution in [1.29, 1.82) is 0 Å². The summed E-state index contributed by atoms with van der Waals surface area (Å²) >= 11 is 0. The average molecular weight is 209 g/mol. The van der Waals surface area contributed by atoms with Crippen LogP contribution in [0.25, 0.3) is 0 Å². The van der Waals surface area contributed by atoms with E-state index in [0.717, 1.165) is 24.6 Å². The Balaban J connectivity index is 2.82. The molecule has 0 aliphatic rings. The molecule has 0 aliphatic heterocycles. The molecule has 0 atom stereocenters. The Morgan fingerprint density at radius 1 is 1.27 bits per heavy atom. The SMILES string of the molecule is CCNCc1ccc(OC)cc1OCC. The lowest BCUT2D eigenvalue weighted by molar-refractivity contribution is 0.331.